The van der Waals surface area contributed by atoms with E-state index in [-0.39, 0.29) is 24.7 Å². The molecular formula is C21H22N2O7. The fourth-order valence-electron chi connectivity index (χ4n) is 2.79. The van der Waals surface area contributed by atoms with E-state index < -0.39 is 17.8 Å². The first-order valence-corrected chi connectivity index (χ1v) is 9.49. The highest BCUT2D eigenvalue weighted by Crippen LogP contribution is 2.33. The summed E-state index contributed by atoms with van der Waals surface area (Å²) < 4.78 is 15.7. The van der Waals surface area contributed by atoms with E-state index in [1.807, 2.05) is 0 Å². The molecule has 0 aliphatic carbocycles. The van der Waals surface area contributed by atoms with Gasteiger partial charge in [0, 0.05) is 13.0 Å². The van der Waals surface area contributed by atoms with E-state index in [1.165, 1.54) is 18.4 Å². The number of nitrogens with one attached hydrogen (secondary N) is 2. The summed E-state index contributed by atoms with van der Waals surface area (Å²) in [7, 11) is 0. The minimum atomic E-state index is -0.839. The second-order valence-electron chi connectivity index (χ2n) is 6.56. The molecule has 2 heterocycles. The van der Waals surface area contributed by atoms with Crippen molar-refractivity contribution < 1.29 is 33.4 Å². The summed E-state index contributed by atoms with van der Waals surface area (Å²) in [5.74, 6) is -0.616. The molecule has 0 saturated heterocycles. The molecule has 0 unspecified atom stereocenters. The van der Waals surface area contributed by atoms with Crippen molar-refractivity contribution in [3.05, 3.63) is 53.6 Å². The molecular weight excluding hydrogens is 392 g/mol. The van der Waals surface area contributed by atoms with Crippen LogP contribution in [0.4, 0.5) is 0 Å². The SMILES string of the molecule is O=C(O)CCCCCNC(=O)/C(=C/c1ccc2c(c1)OCO2)NC(=O)c1ccco1. The number of hydrogen-bond acceptors (Lipinski definition) is 6. The average Bonchev–Trinajstić information content (AvgIpc) is 3.41. The van der Waals surface area contributed by atoms with Gasteiger partial charge in [-0.05, 0) is 48.7 Å². The highest BCUT2D eigenvalue weighted by atomic mass is 16.7. The number of amides is 2. The van der Waals surface area contributed by atoms with Crippen molar-refractivity contribution in [1.82, 2.24) is 10.6 Å². The zero-order valence-electron chi connectivity index (χ0n) is 16.2. The number of carboxylic acid groups (broad SMARTS) is 1. The molecule has 2 amide bonds. The second kappa shape index (κ2) is 10.1. The third-order valence-electron chi connectivity index (χ3n) is 4.30. The number of unbranched alkanes of at least 4 members (excludes halogenated alkanes) is 2. The van der Waals surface area contributed by atoms with Gasteiger partial charge in [0.15, 0.2) is 17.3 Å². The Balaban J connectivity index is 1.66. The molecule has 0 bridgehead atoms. The predicted octanol–water partition coefficient (Wildman–Crippen LogP) is 2.54. The van der Waals surface area contributed by atoms with Gasteiger partial charge in [-0.2, -0.15) is 0 Å². The fraction of sp³-hybridized carbons (Fsp3) is 0.286. The maximum Gasteiger partial charge on any atom is 0.303 e. The van der Waals surface area contributed by atoms with Crippen molar-refractivity contribution in [2.24, 2.45) is 0 Å². The van der Waals surface area contributed by atoms with Crippen LogP contribution in [-0.4, -0.2) is 36.2 Å². The number of ether oxygens (including phenoxy) is 2. The van der Waals surface area contributed by atoms with Gasteiger partial charge in [-0.3, -0.25) is 14.4 Å². The number of hydrogen-bond donors (Lipinski definition) is 3. The van der Waals surface area contributed by atoms with Gasteiger partial charge in [0.25, 0.3) is 11.8 Å². The van der Waals surface area contributed by atoms with Crippen LogP contribution < -0.4 is 20.1 Å². The molecule has 158 valence electrons. The maximum absolute atomic E-state index is 12.7. The van der Waals surface area contributed by atoms with Crippen molar-refractivity contribution in [2.75, 3.05) is 13.3 Å². The summed E-state index contributed by atoms with van der Waals surface area (Å²) in [5.41, 5.74) is 0.686. The van der Waals surface area contributed by atoms with Crippen LogP contribution in [0.5, 0.6) is 11.5 Å². The van der Waals surface area contributed by atoms with E-state index in [0.717, 1.165) is 0 Å². The minimum Gasteiger partial charge on any atom is -0.481 e. The summed E-state index contributed by atoms with van der Waals surface area (Å²) in [6.07, 6.45) is 4.84. The molecule has 1 aliphatic rings. The molecule has 1 aromatic heterocycles. The molecule has 1 aromatic carbocycles. The normalized spacial score (nSPS) is 12.5. The molecule has 2 aromatic rings. The molecule has 0 saturated carbocycles. The first-order valence-electron chi connectivity index (χ1n) is 9.49. The molecule has 0 spiro atoms. The van der Waals surface area contributed by atoms with Crippen molar-refractivity contribution in [3.8, 4) is 11.5 Å². The molecule has 0 radical (unpaired) electrons. The van der Waals surface area contributed by atoms with E-state index in [2.05, 4.69) is 10.6 Å². The van der Waals surface area contributed by atoms with E-state index in [0.29, 0.717) is 42.9 Å². The topological polar surface area (TPSA) is 127 Å². The van der Waals surface area contributed by atoms with Gasteiger partial charge in [-0.15, -0.1) is 0 Å². The van der Waals surface area contributed by atoms with Crippen LogP contribution >= 0.6 is 0 Å². The van der Waals surface area contributed by atoms with E-state index >= 15 is 0 Å². The highest BCUT2D eigenvalue weighted by Gasteiger charge is 2.18. The Morgan fingerprint density at radius 2 is 1.90 bits per heavy atom. The fourth-order valence-corrected chi connectivity index (χ4v) is 2.79. The molecule has 1 aliphatic heterocycles. The Labute approximate surface area is 172 Å². The molecule has 30 heavy (non-hydrogen) atoms. The van der Waals surface area contributed by atoms with Crippen LogP contribution in [-0.2, 0) is 9.59 Å². The predicted molar refractivity (Wildman–Crippen MR) is 106 cm³/mol. The Bertz CT molecular complexity index is 935. The summed E-state index contributed by atoms with van der Waals surface area (Å²) in [5, 5.41) is 14.0. The van der Waals surface area contributed by atoms with Gasteiger partial charge in [0.05, 0.1) is 6.26 Å². The van der Waals surface area contributed by atoms with Crippen molar-refractivity contribution in [2.45, 2.75) is 25.7 Å². The Hall–Kier alpha value is -3.75. The molecule has 0 atom stereocenters. The number of fused-ring (bicyclic) bond motifs is 1. The number of carbonyl (C=O) groups is 3. The molecule has 9 nitrogen and oxygen atoms in total. The second-order valence-corrected chi connectivity index (χ2v) is 6.56. The van der Waals surface area contributed by atoms with E-state index in [9.17, 15) is 14.4 Å². The number of benzene rings is 1. The lowest BCUT2D eigenvalue weighted by atomic mass is 10.1. The third-order valence-corrected chi connectivity index (χ3v) is 4.30. The smallest absolute Gasteiger partial charge is 0.303 e. The Morgan fingerprint density at radius 3 is 2.67 bits per heavy atom. The van der Waals surface area contributed by atoms with Crippen LogP contribution in [0.15, 0.2) is 46.7 Å². The quantitative estimate of drug-likeness (QED) is 0.403. The van der Waals surface area contributed by atoms with Crippen molar-refractivity contribution in [3.63, 3.8) is 0 Å². The zero-order chi connectivity index (χ0) is 21.3. The summed E-state index contributed by atoms with van der Waals surface area (Å²) in [4.78, 5) is 35.5. The largest absolute Gasteiger partial charge is 0.481 e. The van der Waals surface area contributed by atoms with Crippen LogP contribution in [0.1, 0.15) is 41.8 Å². The van der Waals surface area contributed by atoms with Crippen molar-refractivity contribution in [1.29, 1.82) is 0 Å². The summed E-state index contributed by atoms with van der Waals surface area (Å²) in [6.45, 7) is 0.487. The summed E-state index contributed by atoms with van der Waals surface area (Å²) >= 11 is 0. The van der Waals surface area contributed by atoms with E-state index in [1.54, 1.807) is 24.3 Å². The van der Waals surface area contributed by atoms with Crippen LogP contribution in [0.2, 0.25) is 0 Å². The van der Waals surface area contributed by atoms with Gasteiger partial charge in [-0.1, -0.05) is 12.5 Å². The Kier molecular flexibility index (Phi) is 7.09. The number of aliphatic carboxylic acids is 1. The number of carbonyl (C=O) groups excluding carboxylic acids is 2. The standard InChI is InChI=1S/C21H22N2O7/c24-19(25)6-2-1-3-9-22-20(26)15(23-21(27)17-5-4-10-28-17)11-14-7-8-16-18(12-14)30-13-29-16/h4-5,7-8,10-12H,1-3,6,9,13H2,(H,22,26)(H,23,27)(H,24,25)/b15-11-. The number of carboxylic acids is 1. The lowest BCUT2D eigenvalue weighted by molar-refractivity contribution is -0.137. The maximum atomic E-state index is 12.7. The van der Waals surface area contributed by atoms with Crippen LogP contribution in [0.25, 0.3) is 6.08 Å². The lowest BCUT2D eigenvalue weighted by Crippen LogP contribution is -2.35. The van der Waals surface area contributed by atoms with Crippen LogP contribution in [0, 0.1) is 0 Å². The van der Waals surface area contributed by atoms with Crippen molar-refractivity contribution >= 4 is 23.9 Å². The lowest BCUT2D eigenvalue weighted by Gasteiger charge is -2.10. The van der Waals surface area contributed by atoms with Gasteiger partial charge < -0.3 is 29.6 Å². The minimum absolute atomic E-state index is 0.0424. The van der Waals surface area contributed by atoms with Gasteiger partial charge in [0.1, 0.15) is 5.70 Å². The van der Waals surface area contributed by atoms with Crippen LogP contribution in [0.3, 0.4) is 0 Å². The highest BCUT2D eigenvalue weighted by molar-refractivity contribution is 6.04. The molecule has 3 rings (SSSR count). The Morgan fingerprint density at radius 1 is 1.07 bits per heavy atom. The number of furan rings is 1. The first kappa shape index (κ1) is 21.0. The first-order chi connectivity index (χ1) is 14.5. The zero-order valence-corrected chi connectivity index (χ0v) is 16.2. The van der Waals surface area contributed by atoms with Gasteiger partial charge in [0.2, 0.25) is 6.79 Å². The summed E-state index contributed by atoms with van der Waals surface area (Å²) in [6, 6.07) is 8.24. The number of rotatable bonds is 10. The molecule has 3 N–H and O–H groups in total. The molecule has 9 heteroatoms. The van der Waals surface area contributed by atoms with Gasteiger partial charge >= 0.3 is 5.97 Å². The average molecular weight is 414 g/mol. The van der Waals surface area contributed by atoms with Gasteiger partial charge in [-0.25, -0.2) is 0 Å². The third kappa shape index (κ3) is 5.87. The van der Waals surface area contributed by atoms with E-state index in [4.69, 9.17) is 19.0 Å². The monoisotopic (exact) mass is 414 g/mol. The molecule has 0 fully saturated rings.